The monoisotopic (exact) mass is 262 g/mol. The van der Waals surface area contributed by atoms with Crippen molar-refractivity contribution in [1.82, 2.24) is 9.97 Å². The van der Waals surface area contributed by atoms with Crippen LogP contribution >= 0.6 is 11.8 Å². The van der Waals surface area contributed by atoms with Crippen molar-refractivity contribution in [2.24, 2.45) is 0 Å². The number of nitrogens with zero attached hydrogens (tertiary/aromatic N) is 2. The largest absolute Gasteiger partial charge is 0.481 e. The zero-order valence-electron chi connectivity index (χ0n) is 9.53. The maximum absolute atomic E-state index is 10.7. The number of pyridine rings is 2. The second kappa shape index (κ2) is 5.50. The van der Waals surface area contributed by atoms with Crippen molar-refractivity contribution in [3.63, 3.8) is 0 Å². The van der Waals surface area contributed by atoms with E-state index in [4.69, 9.17) is 9.84 Å². The highest BCUT2D eigenvalue weighted by Gasteiger charge is 2.05. The molecule has 0 atom stereocenters. The average molecular weight is 262 g/mol. The molecule has 0 spiro atoms. The van der Waals surface area contributed by atoms with Gasteiger partial charge in [-0.2, -0.15) is 0 Å². The van der Waals surface area contributed by atoms with E-state index in [1.165, 1.54) is 24.0 Å². The van der Waals surface area contributed by atoms with E-state index >= 15 is 0 Å². The maximum Gasteiger partial charge on any atom is 0.337 e. The molecule has 2 aromatic rings. The lowest BCUT2D eigenvalue weighted by atomic mass is 10.3. The summed E-state index contributed by atoms with van der Waals surface area (Å²) in [6, 6.07) is 6.81. The van der Waals surface area contributed by atoms with Crippen molar-refractivity contribution in [2.45, 2.75) is 9.92 Å². The molecule has 0 amide bonds. The summed E-state index contributed by atoms with van der Waals surface area (Å²) in [5.41, 5.74) is 0.173. The van der Waals surface area contributed by atoms with Gasteiger partial charge in [-0.3, -0.25) is 0 Å². The van der Waals surface area contributed by atoms with Crippen molar-refractivity contribution in [2.75, 3.05) is 7.11 Å². The summed E-state index contributed by atoms with van der Waals surface area (Å²) in [6.45, 7) is 0. The van der Waals surface area contributed by atoms with E-state index in [1.807, 2.05) is 6.07 Å². The van der Waals surface area contributed by atoms with Crippen LogP contribution in [0.3, 0.4) is 0 Å². The third kappa shape index (κ3) is 2.98. The molecule has 0 saturated heterocycles. The molecule has 2 aromatic heterocycles. The molecule has 0 radical (unpaired) electrons. The predicted octanol–water partition coefficient (Wildman–Crippen LogP) is 2.33. The lowest BCUT2D eigenvalue weighted by molar-refractivity contribution is 0.0696. The van der Waals surface area contributed by atoms with Crippen molar-refractivity contribution >= 4 is 17.7 Å². The molecule has 0 fully saturated rings. The van der Waals surface area contributed by atoms with Gasteiger partial charge in [-0.05, 0) is 18.2 Å². The molecule has 1 N–H and O–H groups in total. The van der Waals surface area contributed by atoms with E-state index in [9.17, 15) is 4.79 Å². The minimum atomic E-state index is -0.982. The van der Waals surface area contributed by atoms with Gasteiger partial charge in [-0.25, -0.2) is 14.8 Å². The van der Waals surface area contributed by atoms with E-state index in [0.29, 0.717) is 10.9 Å². The van der Waals surface area contributed by atoms with Gasteiger partial charge in [0, 0.05) is 23.4 Å². The molecule has 92 valence electrons. The molecular weight excluding hydrogens is 252 g/mol. The minimum absolute atomic E-state index is 0.173. The molecule has 2 rings (SSSR count). The zero-order chi connectivity index (χ0) is 13.0. The molecular formula is C12H10N2O3S. The number of hydrogen-bond acceptors (Lipinski definition) is 5. The van der Waals surface area contributed by atoms with E-state index in [1.54, 1.807) is 25.4 Å². The highest BCUT2D eigenvalue weighted by atomic mass is 32.2. The molecule has 0 saturated carbocycles. The van der Waals surface area contributed by atoms with Gasteiger partial charge in [0.05, 0.1) is 12.7 Å². The Labute approximate surface area is 108 Å². The first-order valence-corrected chi connectivity index (χ1v) is 5.88. The second-order valence-corrected chi connectivity index (χ2v) is 4.42. The first-order chi connectivity index (χ1) is 8.69. The number of rotatable bonds is 4. The highest BCUT2D eigenvalue weighted by molar-refractivity contribution is 7.99. The lowest BCUT2D eigenvalue weighted by Gasteiger charge is -2.03. The third-order valence-corrected chi connectivity index (χ3v) is 3.06. The fourth-order valence-electron chi connectivity index (χ4n) is 1.25. The summed E-state index contributed by atoms with van der Waals surface area (Å²) in [7, 11) is 1.55. The fourth-order valence-corrected chi connectivity index (χ4v) is 2.03. The Bertz CT molecular complexity index is 558. The van der Waals surface area contributed by atoms with Crippen LogP contribution < -0.4 is 4.74 Å². The second-order valence-electron chi connectivity index (χ2n) is 3.33. The van der Waals surface area contributed by atoms with Crippen LogP contribution in [0.1, 0.15) is 10.4 Å². The maximum atomic E-state index is 10.7. The summed E-state index contributed by atoms with van der Waals surface area (Å²) in [5, 5.41) is 9.48. The Hall–Kier alpha value is -2.08. The van der Waals surface area contributed by atoms with Crippen LogP contribution in [-0.4, -0.2) is 28.2 Å². The van der Waals surface area contributed by atoms with Crippen LogP contribution in [0, 0.1) is 0 Å². The number of ether oxygens (including phenoxy) is 1. The van der Waals surface area contributed by atoms with Gasteiger partial charge in [-0.1, -0.05) is 11.8 Å². The first kappa shape index (κ1) is 12.4. The van der Waals surface area contributed by atoms with Gasteiger partial charge in [0.25, 0.3) is 0 Å². The van der Waals surface area contributed by atoms with Crippen LogP contribution in [0.4, 0.5) is 0 Å². The molecule has 18 heavy (non-hydrogen) atoms. The van der Waals surface area contributed by atoms with E-state index < -0.39 is 5.97 Å². The quantitative estimate of drug-likeness (QED) is 0.911. The van der Waals surface area contributed by atoms with Crippen molar-refractivity contribution in [3.8, 4) is 5.88 Å². The first-order valence-electron chi connectivity index (χ1n) is 5.06. The van der Waals surface area contributed by atoms with E-state index in [2.05, 4.69) is 9.97 Å². The number of carboxylic acids is 1. The summed E-state index contributed by atoms with van der Waals surface area (Å²) in [5.74, 6) is -0.452. The van der Waals surface area contributed by atoms with Crippen molar-refractivity contribution in [3.05, 3.63) is 42.2 Å². The molecule has 0 aliphatic heterocycles. The van der Waals surface area contributed by atoms with Crippen LogP contribution in [-0.2, 0) is 0 Å². The van der Waals surface area contributed by atoms with Gasteiger partial charge in [0.2, 0.25) is 5.88 Å². The molecule has 6 heteroatoms. The Morgan fingerprint density at radius 3 is 2.78 bits per heavy atom. The number of hydrogen-bond donors (Lipinski definition) is 1. The minimum Gasteiger partial charge on any atom is -0.481 e. The smallest absolute Gasteiger partial charge is 0.337 e. The zero-order valence-corrected chi connectivity index (χ0v) is 10.3. The van der Waals surface area contributed by atoms with Crippen molar-refractivity contribution in [1.29, 1.82) is 0 Å². The molecule has 2 heterocycles. The Kier molecular flexibility index (Phi) is 3.78. The van der Waals surface area contributed by atoms with Gasteiger partial charge in [0.1, 0.15) is 5.03 Å². The van der Waals surface area contributed by atoms with Crippen LogP contribution in [0.15, 0.2) is 46.6 Å². The normalized spacial score (nSPS) is 10.1. The highest BCUT2D eigenvalue weighted by Crippen LogP contribution is 2.27. The molecule has 0 aliphatic rings. The van der Waals surface area contributed by atoms with E-state index in [0.717, 1.165) is 4.90 Å². The topological polar surface area (TPSA) is 72.3 Å². The lowest BCUT2D eigenvalue weighted by Crippen LogP contribution is -1.96. The number of aromatic carboxylic acids is 1. The number of carboxylic acid groups (broad SMARTS) is 1. The van der Waals surface area contributed by atoms with E-state index in [-0.39, 0.29) is 5.56 Å². The van der Waals surface area contributed by atoms with Gasteiger partial charge in [-0.15, -0.1) is 0 Å². The summed E-state index contributed by atoms with van der Waals surface area (Å²) in [6.07, 6.45) is 2.98. The standard InChI is InChI=1S/C12H10N2O3S/c1-17-10-6-9(4-5-13-10)18-11-3-2-8(7-14-11)12(15)16/h2-7H,1H3,(H,15,16). The van der Waals surface area contributed by atoms with Gasteiger partial charge >= 0.3 is 5.97 Å². The molecule has 5 nitrogen and oxygen atoms in total. The number of aromatic nitrogens is 2. The van der Waals surface area contributed by atoms with Crippen molar-refractivity contribution < 1.29 is 14.6 Å². The Balaban J connectivity index is 2.15. The molecule has 0 aliphatic carbocycles. The van der Waals surface area contributed by atoms with Crippen LogP contribution in [0.25, 0.3) is 0 Å². The molecule has 0 unspecified atom stereocenters. The Morgan fingerprint density at radius 2 is 2.17 bits per heavy atom. The number of carbonyl (C=O) groups is 1. The molecule has 0 bridgehead atoms. The van der Waals surface area contributed by atoms with Crippen LogP contribution in [0.2, 0.25) is 0 Å². The predicted molar refractivity (Wildman–Crippen MR) is 66.1 cm³/mol. The summed E-state index contributed by atoms with van der Waals surface area (Å²) >= 11 is 1.41. The number of methoxy groups -OCH3 is 1. The van der Waals surface area contributed by atoms with Crippen LogP contribution in [0.5, 0.6) is 5.88 Å². The fraction of sp³-hybridized carbons (Fsp3) is 0.0833. The third-order valence-electron chi connectivity index (χ3n) is 2.12. The molecule has 0 aromatic carbocycles. The summed E-state index contributed by atoms with van der Waals surface area (Å²) in [4.78, 5) is 19.7. The van der Waals surface area contributed by atoms with Gasteiger partial charge in [0.15, 0.2) is 0 Å². The average Bonchev–Trinajstić information content (AvgIpc) is 2.39. The van der Waals surface area contributed by atoms with Gasteiger partial charge < -0.3 is 9.84 Å². The summed E-state index contributed by atoms with van der Waals surface area (Å²) < 4.78 is 5.02. The Morgan fingerprint density at radius 1 is 1.33 bits per heavy atom. The SMILES string of the molecule is COc1cc(Sc2ccc(C(=O)O)cn2)ccn1.